The number of hydrogen-bond donors (Lipinski definition) is 0. The van der Waals surface area contributed by atoms with Crippen molar-refractivity contribution in [2.45, 2.75) is 32.6 Å². The molecule has 0 atom stereocenters. The van der Waals surface area contributed by atoms with E-state index in [0.717, 1.165) is 5.75 Å². The topological polar surface area (TPSA) is 9.23 Å². The SMILES string of the molecule is CCCCC/C=C/COc1ccccc1. The highest BCUT2D eigenvalue weighted by molar-refractivity contribution is 5.21. The predicted octanol–water partition coefficient (Wildman–Crippen LogP) is 4.20. The first-order valence-corrected chi connectivity index (χ1v) is 5.76. The summed E-state index contributed by atoms with van der Waals surface area (Å²) >= 11 is 0. The zero-order valence-electron chi connectivity index (χ0n) is 9.49. The van der Waals surface area contributed by atoms with Gasteiger partial charge in [0.25, 0.3) is 0 Å². The summed E-state index contributed by atoms with van der Waals surface area (Å²) in [4.78, 5) is 0. The van der Waals surface area contributed by atoms with E-state index in [4.69, 9.17) is 4.74 Å². The molecular formula is C14H20O. The second-order valence-electron chi connectivity index (χ2n) is 3.59. The van der Waals surface area contributed by atoms with Gasteiger partial charge in [-0.25, -0.2) is 0 Å². The Hall–Kier alpha value is -1.24. The number of benzene rings is 1. The lowest BCUT2D eigenvalue weighted by Gasteiger charge is -2.01. The summed E-state index contributed by atoms with van der Waals surface area (Å²) in [7, 11) is 0. The molecule has 0 unspecified atom stereocenters. The van der Waals surface area contributed by atoms with Crippen LogP contribution in [0.1, 0.15) is 32.6 Å². The van der Waals surface area contributed by atoms with Gasteiger partial charge in [0.05, 0.1) is 0 Å². The van der Waals surface area contributed by atoms with Gasteiger partial charge in [0.1, 0.15) is 12.4 Å². The van der Waals surface area contributed by atoms with E-state index in [1.165, 1.54) is 25.7 Å². The van der Waals surface area contributed by atoms with E-state index in [9.17, 15) is 0 Å². The summed E-state index contributed by atoms with van der Waals surface area (Å²) in [6.07, 6.45) is 9.38. The van der Waals surface area contributed by atoms with Crippen LogP contribution in [0.2, 0.25) is 0 Å². The Morgan fingerprint density at radius 2 is 1.87 bits per heavy atom. The Balaban J connectivity index is 2.06. The Morgan fingerprint density at radius 1 is 1.07 bits per heavy atom. The molecule has 0 amide bonds. The first kappa shape index (κ1) is 11.8. The first-order valence-electron chi connectivity index (χ1n) is 5.76. The van der Waals surface area contributed by atoms with Crippen LogP contribution in [-0.4, -0.2) is 6.61 Å². The number of unbranched alkanes of at least 4 members (excludes halogenated alkanes) is 3. The molecule has 0 bridgehead atoms. The standard InChI is InChI=1S/C14H20O/c1-2-3-4-5-6-10-13-15-14-11-8-7-9-12-14/h6-12H,2-5,13H2,1H3/b10-6+. The molecule has 1 aromatic carbocycles. The maximum Gasteiger partial charge on any atom is 0.119 e. The maximum absolute atomic E-state index is 5.53. The second kappa shape index (κ2) is 8.10. The fourth-order valence-corrected chi connectivity index (χ4v) is 1.36. The average molecular weight is 204 g/mol. The quantitative estimate of drug-likeness (QED) is 0.477. The van der Waals surface area contributed by atoms with Gasteiger partial charge in [-0.3, -0.25) is 0 Å². The number of allylic oxidation sites excluding steroid dienone is 1. The molecule has 0 aliphatic rings. The van der Waals surface area contributed by atoms with Gasteiger partial charge in [-0.15, -0.1) is 0 Å². The minimum Gasteiger partial charge on any atom is -0.490 e. The first-order chi connectivity index (χ1) is 7.43. The highest BCUT2D eigenvalue weighted by atomic mass is 16.5. The lowest BCUT2D eigenvalue weighted by atomic mass is 10.2. The molecule has 15 heavy (non-hydrogen) atoms. The van der Waals surface area contributed by atoms with Crippen LogP contribution in [0.5, 0.6) is 5.75 Å². The zero-order chi connectivity index (χ0) is 10.8. The molecule has 0 spiro atoms. The predicted molar refractivity (Wildman–Crippen MR) is 65.2 cm³/mol. The Kier molecular flexibility index (Phi) is 6.39. The smallest absolute Gasteiger partial charge is 0.119 e. The van der Waals surface area contributed by atoms with Crippen molar-refractivity contribution in [1.29, 1.82) is 0 Å². The molecule has 0 heterocycles. The fourth-order valence-electron chi connectivity index (χ4n) is 1.36. The van der Waals surface area contributed by atoms with Crippen LogP contribution in [0, 0.1) is 0 Å². The Labute approximate surface area is 92.8 Å². The number of rotatable bonds is 7. The van der Waals surface area contributed by atoms with Crippen LogP contribution in [-0.2, 0) is 0 Å². The van der Waals surface area contributed by atoms with Crippen LogP contribution < -0.4 is 4.74 Å². The molecule has 0 radical (unpaired) electrons. The van der Waals surface area contributed by atoms with Gasteiger partial charge in [0.15, 0.2) is 0 Å². The van der Waals surface area contributed by atoms with E-state index in [1.54, 1.807) is 0 Å². The minimum absolute atomic E-state index is 0.677. The molecule has 1 aromatic rings. The molecule has 0 saturated carbocycles. The van der Waals surface area contributed by atoms with Gasteiger partial charge in [0.2, 0.25) is 0 Å². The van der Waals surface area contributed by atoms with E-state index >= 15 is 0 Å². The van der Waals surface area contributed by atoms with Crippen LogP contribution in [0.3, 0.4) is 0 Å². The molecule has 0 fully saturated rings. The fraction of sp³-hybridized carbons (Fsp3) is 0.429. The molecule has 0 saturated heterocycles. The molecule has 82 valence electrons. The molecule has 0 N–H and O–H groups in total. The van der Waals surface area contributed by atoms with Crippen molar-refractivity contribution in [3.05, 3.63) is 42.5 Å². The average Bonchev–Trinajstić information content (AvgIpc) is 2.29. The van der Waals surface area contributed by atoms with Crippen LogP contribution in [0.15, 0.2) is 42.5 Å². The molecular weight excluding hydrogens is 184 g/mol. The third kappa shape index (κ3) is 5.95. The summed E-state index contributed by atoms with van der Waals surface area (Å²) in [5.74, 6) is 0.940. The van der Waals surface area contributed by atoms with Crippen molar-refractivity contribution < 1.29 is 4.74 Å². The van der Waals surface area contributed by atoms with E-state index in [1.807, 2.05) is 30.3 Å². The molecule has 1 nitrogen and oxygen atoms in total. The largest absolute Gasteiger partial charge is 0.490 e. The van der Waals surface area contributed by atoms with Crippen molar-refractivity contribution in [3.63, 3.8) is 0 Å². The monoisotopic (exact) mass is 204 g/mol. The summed E-state index contributed by atoms with van der Waals surface area (Å²) in [6.45, 7) is 2.90. The van der Waals surface area contributed by atoms with E-state index in [0.29, 0.717) is 6.61 Å². The van der Waals surface area contributed by atoms with Crippen LogP contribution in [0.4, 0.5) is 0 Å². The van der Waals surface area contributed by atoms with Gasteiger partial charge in [-0.1, -0.05) is 50.1 Å². The van der Waals surface area contributed by atoms with Crippen molar-refractivity contribution in [1.82, 2.24) is 0 Å². The number of ether oxygens (including phenoxy) is 1. The van der Waals surface area contributed by atoms with Crippen LogP contribution >= 0.6 is 0 Å². The van der Waals surface area contributed by atoms with E-state index in [-0.39, 0.29) is 0 Å². The summed E-state index contributed by atoms with van der Waals surface area (Å²) in [6, 6.07) is 9.92. The molecule has 0 aromatic heterocycles. The molecule has 0 aliphatic heterocycles. The summed E-state index contributed by atoms with van der Waals surface area (Å²) in [5, 5.41) is 0. The van der Waals surface area contributed by atoms with E-state index in [2.05, 4.69) is 19.1 Å². The van der Waals surface area contributed by atoms with Crippen molar-refractivity contribution >= 4 is 0 Å². The lowest BCUT2D eigenvalue weighted by molar-refractivity contribution is 0.362. The van der Waals surface area contributed by atoms with Crippen LogP contribution in [0.25, 0.3) is 0 Å². The van der Waals surface area contributed by atoms with Gasteiger partial charge >= 0.3 is 0 Å². The Morgan fingerprint density at radius 3 is 2.60 bits per heavy atom. The van der Waals surface area contributed by atoms with Crippen molar-refractivity contribution in [3.8, 4) is 5.75 Å². The summed E-state index contributed by atoms with van der Waals surface area (Å²) in [5.41, 5.74) is 0. The van der Waals surface area contributed by atoms with E-state index < -0.39 is 0 Å². The highest BCUT2D eigenvalue weighted by Crippen LogP contribution is 2.08. The third-order valence-corrected chi connectivity index (χ3v) is 2.23. The Bertz CT molecular complexity index is 264. The van der Waals surface area contributed by atoms with Crippen molar-refractivity contribution in [2.24, 2.45) is 0 Å². The second-order valence-corrected chi connectivity index (χ2v) is 3.59. The van der Waals surface area contributed by atoms with Gasteiger partial charge in [-0.2, -0.15) is 0 Å². The minimum atomic E-state index is 0.677. The highest BCUT2D eigenvalue weighted by Gasteiger charge is 1.87. The van der Waals surface area contributed by atoms with Gasteiger partial charge in [-0.05, 0) is 25.0 Å². The number of hydrogen-bond acceptors (Lipinski definition) is 1. The molecule has 1 heteroatoms. The normalized spacial score (nSPS) is 10.7. The van der Waals surface area contributed by atoms with Crippen molar-refractivity contribution in [2.75, 3.05) is 6.61 Å². The molecule has 0 aliphatic carbocycles. The zero-order valence-corrected chi connectivity index (χ0v) is 9.49. The maximum atomic E-state index is 5.53. The number of para-hydroxylation sites is 1. The van der Waals surface area contributed by atoms with Gasteiger partial charge < -0.3 is 4.74 Å². The lowest BCUT2D eigenvalue weighted by Crippen LogP contribution is -1.92. The summed E-state index contributed by atoms with van der Waals surface area (Å²) < 4.78 is 5.53. The van der Waals surface area contributed by atoms with Gasteiger partial charge in [0, 0.05) is 0 Å². The third-order valence-electron chi connectivity index (χ3n) is 2.23. The molecule has 1 rings (SSSR count).